The van der Waals surface area contributed by atoms with Crippen LogP contribution in [0, 0.1) is 5.41 Å². The summed E-state index contributed by atoms with van der Waals surface area (Å²) >= 11 is 0. The third-order valence-corrected chi connectivity index (χ3v) is 2.76. The molecule has 2 N–H and O–H groups in total. The smallest absolute Gasteiger partial charge is 0.0909 e. The molecule has 0 aromatic heterocycles. The van der Waals surface area contributed by atoms with Gasteiger partial charge in [0.1, 0.15) is 0 Å². The number of aliphatic hydroxyl groups excluding tert-OH is 2. The number of rotatable bonds is 1. The highest BCUT2D eigenvalue weighted by Gasteiger charge is 2.32. The second-order valence-corrected chi connectivity index (χ2v) is 3.74. The van der Waals surface area contributed by atoms with Gasteiger partial charge in [-0.25, -0.2) is 0 Å². The normalized spacial score (nSPS) is 38.5. The number of hydrogen-bond donors (Lipinski definition) is 2. The van der Waals surface area contributed by atoms with E-state index < -0.39 is 0 Å². The van der Waals surface area contributed by atoms with Crippen molar-refractivity contribution in [3.63, 3.8) is 0 Å². The van der Waals surface area contributed by atoms with Gasteiger partial charge in [0.05, 0.1) is 11.9 Å². The zero-order valence-corrected chi connectivity index (χ0v) is 7.01. The van der Waals surface area contributed by atoms with Crippen molar-refractivity contribution in [2.75, 3.05) is 0 Å². The van der Waals surface area contributed by atoms with Crippen LogP contribution in [0.15, 0.2) is 12.3 Å². The number of hydrogen-bond acceptors (Lipinski definition) is 2. The molecule has 0 atom stereocenters. The molecule has 64 valence electrons. The fourth-order valence-electron chi connectivity index (χ4n) is 1.53. The summed E-state index contributed by atoms with van der Waals surface area (Å²) in [6, 6.07) is 0. The van der Waals surface area contributed by atoms with Gasteiger partial charge in [0.2, 0.25) is 0 Å². The molecule has 0 heterocycles. The zero-order valence-electron chi connectivity index (χ0n) is 7.01. The number of aliphatic hydroxyl groups is 2. The summed E-state index contributed by atoms with van der Waals surface area (Å²) in [5, 5.41) is 18.5. The van der Waals surface area contributed by atoms with Gasteiger partial charge in [-0.1, -0.05) is 13.5 Å². The van der Waals surface area contributed by atoms with E-state index in [-0.39, 0.29) is 17.3 Å². The Balaban J connectivity index is 2.55. The summed E-state index contributed by atoms with van der Waals surface area (Å²) in [7, 11) is 0. The third-order valence-electron chi connectivity index (χ3n) is 2.76. The lowest BCUT2D eigenvalue weighted by molar-refractivity contribution is 0.0682. The van der Waals surface area contributed by atoms with E-state index in [4.69, 9.17) is 0 Å². The van der Waals surface area contributed by atoms with Crippen molar-refractivity contribution in [1.82, 2.24) is 0 Å². The van der Waals surface area contributed by atoms with Crippen LogP contribution in [-0.4, -0.2) is 16.3 Å². The maximum Gasteiger partial charge on any atom is 0.0909 e. The Hall–Kier alpha value is -0.500. The van der Waals surface area contributed by atoms with Gasteiger partial charge in [0.25, 0.3) is 0 Å². The van der Waals surface area contributed by atoms with Crippen LogP contribution in [0.5, 0.6) is 0 Å². The first kappa shape index (κ1) is 8.60. The highest BCUT2D eigenvalue weighted by atomic mass is 16.3. The summed E-state index contributed by atoms with van der Waals surface area (Å²) in [4.78, 5) is 0. The van der Waals surface area contributed by atoms with Gasteiger partial charge < -0.3 is 10.2 Å². The van der Waals surface area contributed by atoms with Crippen LogP contribution in [0.3, 0.4) is 0 Å². The Morgan fingerprint density at radius 2 is 1.91 bits per heavy atom. The van der Waals surface area contributed by atoms with Crippen molar-refractivity contribution < 1.29 is 10.2 Å². The molecule has 1 aliphatic carbocycles. The Morgan fingerprint density at radius 1 is 1.45 bits per heavy atom. The van der Waals surface area contributed by atoms with Gasteiger partial charge in [0, 0.05) is 5.41 Å². The highest BCUT2D eigenvalue weighted by Crippen LogP contribution is 2.39. The van der Waals surface area contributed by atoms with E-state index in [9.17, 15) is 10.2 Å². The van der Waals surface area contributed by atoms with Crippen LogP contribution >= 0.6 is 0 Å². The van der Waals surface area contributed by atoms with E-state index in [2.05, 4.69) is 6.58 Å². The Labute approximate surface area is 67.6 Å². The van der Waals surface area contributed by atoms with Crippen LogP contribution in [0.2, 0.25) is 0 Å². The molecule has 0 amide bonds. The summed E-state index contributed by atoms with van der Waals surface area (Å²) in [6.07, 6.45) is 3.11. The van der Waals surface area contributed by atoms with Crippen molar-refractivity contribution in [3.05, 3.63) is 12.3 Å². The van der Waals surface area contributed by atoms with Gasteiger partial charge in [-0.2, -0.15) is 0 Å². The summed E-state index contributed by atoms with van der Waals surface area (Å²) in [5.41, 5.74) is -0.140. The van der Waals surface area contributed by atoms with E-state index in [1.165, 1.54) is 0 Å². The molecule has 2 nitrogen and oxygen atoms in total. The molecule has 0 aromatic rings. The van der Waals surface area contributed by atoms with Crippen LogP contribution < -0.4 is 0 Å². The predicted molar refractivity (Wildman–Crippen MR) is 44.4 cm³/mol. The first-order valence-electron chi connectivity index (χ1n) is 4.11. The summed E-state index contributed by atoms with van der Waals surface area (Å²) in [5.74, 6) is 0.268. The molecule has 0 aliphatic heterocycles. The quantitative estimate of drug-likeness (QED) is 0.570. The summed E-state index contributed by atoms with van der Waals surface area (Å²) in [6.45, 7) is 5.55. The molecule has 0 unspecified atom stereocenters. The molecule has 1 saturated carbocycles. The monoisotopic (exact) mass is 156 g/mol. The lowest BCUT2D eigenvalue weighted by Gasteiger charge is -2.34. The summed E-state index contributed by atoms with van der Waals surface area (Å²) < 4.78 is 0. The minimum atomic E-state index is -0.164. The van der Waals surface area contributed by atoms with Crippen molar-refractivity contribution in [3.8, 4) is 0 Å². The SMILES string of the molecule is C=C(O)C1(C)CCC(O)CC1. The van der Waals surface area contributed by atoms with Crippen LogP contribution in [-0.2, 0) is 0 Å². The lowest BCUT2D eigenvalue weighted by Crippen LogP contribution is -2.28. The molecule has 2 heteroatoms. The van der Waals surface area contributed by atoms with E-state index in [0.29, 0.717) is 0 Å². The Bertz CT molecular complexity index is 155. The molecule has 1 rings (SSSR count). The van der Waals surface area contributed by atoms with Gasteiger partial charge in [-0.3, -0.25) is 0 Å². The number of allylic oxidation sites excluding steroid dienone is 1. The Kier molecular flexibility index (Phi) is 2.23. The first-order valence-corrected chi connectivity index (χ1v) is 4.11. The topological polar surface area (TPSA) is 40.5 Å². The van der Waals surface area contributed by atoms with Crippen molar-refractivity contribution >= 4 is 0 Å². The fraction of sp³-hybridized carbons (Fsp3) is 0.778. The van der Waals surface area contributed by atoms with Gasteiger partial charge in [-0.05, 0) is 25.7 Å². The fourth-order valence-corrected chi connectivity index (χ4v) is 1.53. The Morgan fingerprint density at radius 3 is 2.27 bits per heavy atom. The molecular weight excluding hydrogens is 140 g/mol. The molecule has 11 heavy (non-hydrogen) atoms. The van der Waals surface area contributed by atoms with Crippen molar-refractivity contribution in [1.29, 1.82) is 0 Å². The van der Waals surface area contributed by atoms with E-state index in [1.54, 1.807) is 0 Å². The second-order valence-electron chi connectivity index (χ2n) is 3.74. The van der Waals surface area contributed by atoms with E-state index in [0.717, 1.165) is 25.7 Å². The average molecular weight is 156 g/mol. The molecule has 1 aliphatic rings. The first-order chi connectivity index (χ1) is 5.04. The molecule has 1 fully saturated rings. The molecular formula is C9H16O2. The van der Waals surface area contributed by atoms with Gasteiger partial charge in [-0.15, -0.1) is 0 Å². The second kappa shape index (κ2) is 2.86. The predicted octanol–water partition coefficient (Wildman–Crippen LogP) is 2.00. The molecule has 0 bridgehead atoms. The van der Waals surface area contributed by atoms with E-state index >= 15 is 0 Å². The van der Waals surface area contributed by atoms with Crippen LogP contribution in [0.4, 0.5) is 0 Å². The maximum atomic E-state index is 9.25. The zero-order chi connectivity index (χ0) is 8.48. The molecule has 0 aromatic carbocycles. The standard InChI is InChI=1S/C9H16O2/c1-7(10)9(2)5-3-8(11)4-6-9/h8,10-11H,1,3-6H2,2H3. The van der Waals surface area contributed by atoms with Gasteiger partial charge >= 0.3 is 0 Å². The van der Waals surface area contributed by atoms with Crippen LogP contribution in [0.1, 0.15) is 32.6 Å². The highest BCUT2D eigenvalue weighted by molar-refractivity contribution is 5.01. The molecule has 0 spiro atoms. The molecule has 0 radical (unpaired) electrons. The maximum absolute atomic E-state index is 9.25. The van der Waals surface area contributed by atoms with Crippen molar-refractivity contribution in [2.24, 2.45) is 5.41 Å². The van der Waals surface area contributed by atoms with Crippen LogP contribution in [0.25, 0.3) is 0 Å². The van der Waals surface area contributed by atoms with Gasteiger partial charge in [0.15, 0.2) is 0 Å². The lowest BCUT2D eigenvalue weighted by atomic mass is 9.74. The average Bonchev–Trinajstić information content (AvgIpc) is 1.95. The molecule has 0 saturated heterocycles. The van der Waals surface area contributed by atoms with Crippen molar-refractivity contribution in [2.45, 2.75) is 38.7 Å². The van der Waals surface area contributed by atoms with E-state index in [1.807, 2.05) is 6.92 Å². The third kappa shape index (κ3) is 1.74. The largest absolute Gasteiger partial charge is 0.512 e. The minimum Gasteiger partial charge on any atom is -0.512 e. The minimum absolute atomic E-state index is 0.140.